The summed E-state index contributed by atoms with van der Waals surface area (Å²) in [6.45, 7) is 5.23. The van der Waals surface area contributed by atoms with Crippen molar-refractivity contribution in [1.82, 2.24) is 0 Å². The van der Waals surface area contributed by atoms with Gasteiger partial charge in [-0.25, -0.2) is 0 Å². The highest BCUT2D eigenvalue weighted by atomic mass is 79.9. The third-order valence-electron chi connectivity index (χ3n) is 4.08. The molecule has 3 atom stereocenters. The third-order valence-corrected chi connectivity index (χ3v) is 4.70. The van der Waals surface area contributed by atoms with Gasteiger partial charge in [0.2, 0.25) is 0 Å². The average Bonchev–Trinajstić information content (AvgIpc) is 2.36. The normalized spacial score (nSPS) is 28.1. The van der Waals surface area contributed by atoms with Crippen LogP contribution in [0.5, 0.6) is 5.75 Å². The molecule has 0 saturated heterocycles. The quantitative estimate of drug-likeness (QED) is 0.911. The maximum atomic E-state index is 6.12. The lowest BCUT2D eigenvalue weighted by molar-refractivity contribution is 0.0999. The molecule has 2 nitrogen and oxygen atoms in total. The lowest BCUT2D eigenvalue weighted by atomic mass is 9.80. The highest BCUT2D eigenvalue weighted by Crippen LogP contribution is 2.34. The average molecular weight is 312 g/mol. The van der Waals surface area contributed by atoms with E-state index < -0.39 is 0 Å². The zero-order valence-electron chi connectivity index (χ0n) is 11.2. The molecule has 1 aliphatic carbocycles. The second-order valence-electron chi connectivity index (χ2n) is 5.48. The summed E-state index contributed by atoms with van der Waals surface area (Å²) in [7, 11) is 0. The predicted molar refractivity (Wildman–Crippen MR) is 78.6 cm³/mol. The second-order valence-corrected chi connectivity index (χ2v) is 6.33. The van der Waals surface area contributed by atoms with Crippen LogP contribution in [-0.4, -0.2) is 6.10 Å². The summed E-state index contributed by atoms with van der Waals surface area (Å²) in [6, 6.07) is 6.11. The van der Waals surface area contributed by atoms with Crippen molar-refractivity contribution in [3.05, 3.63) is 28.2 Å². The van der Waals surface area contributed by atoms with E-state index in [1.54, 1.807) is 0 Å². The number of nitrogens with two attached hydrogens (primary N) is 1. The van der Waals surface area contributed by atoms with Crippen LogP contribution in [0, 0.1) is 11.8 Å². The smallest absolute Gasteiger partial charge is 0.133 e. The van der Waals surface area contributed by atoms with Crippen molar-refractivity contribution in [2.75, 3.05) is 0 Å². The standard InChI is InChI=1S/C15H22BrNO/c1-10-3-5-13(7-11(10)2)18-15-6-4-12(9-17)8-14(15)16/h4,6,8,10-11,13H,3,5,7,9,17H2,1-2H3. The molecule has 0 bridgehead atoms. The van der Waals surface area contributed by atoms with Crippen LogP contribution in [0.25, 0.3) is 0 Å². The second kappa shape index (κ2) is 6.07. The van der Waals surface area contributed by atoms with Crippen LogP contribution in [0.15, 0.2) is 22.7 Å². The molecule has 0 aliphatic heterocycles. The highest BCUT2D eigenvalue weighted by Gasteiger charge is 2.26. The zero-order valence-corrected chi connectivity index (χ0v) is 12.7. The molecule has 3 unspecified atom stereocenters. The van der Waals surface area contributed by atoms with Gasteiger partial charge >= 0.3 is 0 Å². The highest BCUT2D eigenvalue weighted by molar-refractivity contribution is 9.10. The van der Waals surface area contributed by atoms with Gasteiger partial charge in [-0.1, -0.05) is 19.9 Å². The molecule has 100 valence electrons. The summed E-state index contributed by atoms with van der Waals surface area (Å²) >= 11 is 3.56. The van der Waals surface area contributed by atoms with E-state index in [2.05, 4.69) is 29.8 Å². The van der Waals surface area contributed by atoms with Gasteiger partial charge < -0.3 is 10.5 Å². The molecule has 0 heterocycles. The van der Waals surface area contributed by atoms with E-state index in [-0.39, 0.29) is 0 Å². The van der Waals surface area contributed by atoms with Gasteiger partial charge in [0, 0.05) is 6.54 Å². The topological polar surface area (TPSA) is 35.2 Å². The van der Waals surface area contributed by atoms with Crippen molar-refractivity contribution < 1.29 is 4.74 Å². The summed E-state index contributed by atoms with van der Waals surface area (Å²) in [6.07, 6.45) is 3.95. The maximum absolute atomic E-state index is 6.12. The lowest BCUT2D eigenvalue weighted by Crippen LogP contribution is -2.28. The molecule has 18 heavy (non-hydrogen) atoms. The van der Waals surface area contributed by atoms with Crippen molar-refractivity contribution in [2.24, 2.45) is 17.6 Å². The van der Waals surface area contributed by atoms with E-state index in [0.717, 1.165) is 40.5 Å². The van der Waals surface area contributed by atoms with Gasteiger partial charge in [0.1, 0.15) is 5.75 Å². The van der Waals surface area contributed by atoms with Gasteiger partial charge in [-0.3, -0.25) is 0 Å². The molecule has 1 fully saturated rings. The Labute approximate surface area is 118 Å². The fourth-order valence-corrected chi connectivity index (χ4v) is 3.07. The molecule has 2 rings (SSSR count). The first-order valence-corrected chi connectivity index (χ1v) is 7.54. The molecule has 3 heteroatoms. The van der Waals surface area contributed by atoms with Gasteiger partial charge in [0.15, 0.2) is 0 Å². The van der Waals surface area contributed by atoms with Crippen molar-refractivity contribution >= 4 is 15.9 Å². The number of benzene rings is 1. The summed E-state index contributed by atoms with van der Waals surface area (Å²) in [5.41, 5.74) is 6.75. The van der Waals surface area contributed by atoms with Crippen molar-refractivity contribution in [1.29, 1.82) is 0 Å². The van der Waals surface area contributed by atoms with Crippen molar-refractivity contribution in [3.63, 3.8) is 0 Å². The summed E-state index contributed by atoms with van der Waals surface area (Å²) in [5.74, 6) is 2.53. The number of halogens is 1. The first kappa shape index (κ1) is 13.9. The van der Waals surface area contributed by atoms with Crippen LogP contribution in [0.1, 0.15) is 38.7 Å². The largest absolute Gasteiger partial charge is 0.489 e. The molecular weight excluding hydrogens is 290 g/mol. The van der Waals surface area contributed by atoms with E-state index in [1.165, 1.54) is 6.42 Å². The van der Waals surface area contributed by atoms with Crippen LogP contribution >= 0.6 is 15.9 Å². The Morgan fingerprint density at radius 3 is 2.67 bits per heavy atom. The molecule has 1 aromatic carbocycles. The van der Waals surface area contributed by atoms with Crippen LogP contribution in [-0.2, 0) is 6.54 Å². The van der Waals surface area contributed by atoms with Gasteiger partial charge in [-0.2, -0.15) is 0 Å². The molecule has 1 aliphatic rings. The molecule has 0 radical (unpaired) electrons. The van der Waals surface area contributed by atoms with E-state index in [9.17, 15) is 0 Å². The minimum Gasteiger partial charge on any atom is -0.489 e. The van der Waals surface area contributed by atoms with Gasteiger partial charge in [0.05, 0.1) is 10.6 Å². The Morgan fingerprint density at radius 1 is 1.28 bits per heavy atom. The van der Waals surface area contributed by atoms with Crippen LogP contribution in [0.3, 0.4) is 0 Å². The molecular formula is C15H22BrNO. The number of hydrogen-bond acceptors (Lipinski definition) is 2. The summed E-state index contributed by atoms with van der Waals surface area (Å²) in [5, 5.41) is 0. The van der Waals surface area contributed by atoms with Gasteiger partial charge in [-0.05, 0) is 64.7 Å². The van der Waals surface area contributed by atoms with Crippen molar-refractivity contribution in [2.45, 2.75) is 45.8 Å². The fraction of sp³-hybridized carbons (Fsp3) is 0.600. The predicted octanol–water partition coefficient (Wildman–Crippen LogP) is 4.11. The minimum atomic E-state index is 0.358. The molecule has 0 amide bonds. The molecule has 1 saturated carbocycles. The maximum Gasteiger partial charge on any atom is 0.133 e. The number of rotatable bonds is 3. The van der Waals surface area contributed by atoms with Gasteiger partial charge in [0.25, 0.3) is 0 Å². The van der Waals surface area contributed by atoms with Crippen LogP contribution in [0.4, 0.5) is 0 Å². The fourth-order valence-electron chi connectivity index (χ4n) is 2.55. The van der Waals surface area contributed by atoms with E-state index >= 15 is 0 Å². The van der Waals surface area contributed by atoms with E-state index in [4.69, 9.17) is 10.5 Å². The molecule has 0 spiro atoms. The minimum absolute atomic E-state index is 0.358. The third kappa shape index (κ3) is 3.27. The van der Waals surface area contributed by atoms with Crippen LogP contribution < -0.4 is 10.5 Å². The summed E-state index contributed by atoms with van der Waals surface area (Å²) < 4.78 is 7.13. The van der Waals surface area contributed by atoms with Crippen molar-refractivity contribution in [3.8, 4) is 5.75 Å². The van der Waals surface area contributed by atoms with E-state index in [1.807, 2.05) is 18.2 Å². The Hall–Kier alpha value is -0.540. The molecule has 1 aromatic rings. The Morgan fingerprint density at radius 2 is 2.06 bits per heavy atom. The first-order valence-electron chi connectivity index (χ1n) is 6.75. The summed E-state index contributed by atoms with van der Waals surface area (Å²) in [4.78, 5) is 0. The molecule has 2 N–H and O–H groups in total. The Kier molecular flexibility index (Phi) is 4.68. The number of ether oxygens (including phenoxy) is 1. The zero-order chi connectivity index (χ0) is 13.1. The Balaban J connectivity index is 2.01. The number of hydrogen-bond donors (Lipinski definition) is 1. The lowest BCUT2D eigenvalue weighted by Gasteiger charge is -2.32. The van der Waals surface area contributed by atoms with Crippen LogP contribution in [0.2, 0.25) is 0 Å². The van der Waals surface area contributed by atoms with Gasteiger partial charge in [-0.15, -0.1) is 0 Å². The SMILES string of the molecule is CC1CCC(Oc2ccc(CN)cc2Br)CC1C. The van der Waals surface area contributed by atoms with E-state index in [0.29, 0.717) is 12.6 Å². The monoisotopic (exact) mass is 311 g/mol. The first-order chi connectivity index (χ1) is 8.60. The molecule has 0 aromatic heterocycles. The Bertz CT molecular complexity index is 407.